The number of hydrogen-bond acceptors (Lipinski definition) is 1. The molecule has 20 heavy (non-hydrogen) atoms. The Labute approximate surface area is 125 Å². The van der Waals surface area contributed by atoms with Crippen LogP contribution in [-0.2, 0) is 0 Å². The Morgan fingerprint density at radius 1 is 0.950 bits per heavy atom. The highest BCUT2D eigenvalue weighted by Crippen LogP contribution is 2.67. The summed E-state index contributed by atoms with van der Waals surface area (Å²) in [5, 5.41) is 0. The molecule has 5 fully saturated rings. The molecule has 0 aromatic rings. The predicted molar refractivity (Wildman–Crippen MR) is 84.4 cm³/mol. The normalized spacial score (nSPS) is 51.6. The van der Waals surface area contributed by atoms with Crippen molar-refractivity contribution in [1.82, 2.24) is 0 Å². The van der Waals surface area contributed by atoms with Gasteiger partial charge < -0.3 is 5.73 Å². The molecule has 3 atom stereocenters. The van der Waals surface area contributed by atoms with Crippen molar-refractivity contribution < 1.29 is 0 Å². The van der Waals surface area contributed by atoms with Gasteiger partial charge in [0.25, 0.3) is 0 Å². The monoisotopic (exact) mass is 275 g/mol. The second-order valence-corrected chi connectivity index (χ2v) is 9.01. The predicted octanol–water partition coefficient (Wildman–Crippen LogP) is 4.89. The third kappa shape index (κ3) is 1.91. The Balaban J connectivity index is 1.69. The lowest BCUT2D eigenvalue weighted by Gasteiger charge is -2.68. The lowest BCUT2D eigenvalue weighted by Crippen LogP contribution is -2.68. The van der Waals surface area contributed by atoms with E-state index in [1.165, 1.54) is 77.0 Å². The first-order valence-electron chi connectivity index (χ1n) is 9.44. The molecular weight excluding hydrogens is 242 g/mol. The highest BCUT2D eigenvalue weighted by Gasteiger charge is 2.63. The van der Waals surface area contributed by atoms with Gasteiger partial charge in [-0.2, -0.15) is 0 Å². The minimum absolute atomic E-state index is 0.237. The molecule has 4 bridgehead atoms. The summed E-state index contributed by atoms with van der Waals surface area (Å²) in [7, 11) is 0. The molecule has 0 aromatic heterocycles. The van der Waals surface area contributed by atoms with E-state index in [4.69, 9.17) is 5.73 Å². The molecule has 1 heteroatoms. The third-order valence-corrected chi connectivity index (χ3v) is 7.54. The van der Waals surface area contributed by atoms with Crippen molar-refractivity contribution in [3.63, 3.8) is 0 Å². The summed E-state index contributed by atoms with van der Waals surface area (Å²) in [6.45, 7) is 2.40. The van der Waals surface area contributed by atoms with E-state index in [1.54, 1.807) is 0 Å². The molecule has 1 nitrogen and oxygen atoms in total. The summed E-state index contributed by atoms with van der Waals surface area (Å²) >= 11 is 0. The number of rotatable bonds is 3. The van der Waals surface area contributed by atoms with Gasteiger partial charge in [-0.15, -0.1) is 0 Å². The van der Waals surface area contributed by atoms with E-state index >= 15 is 0 Å². The maximum atomic E-state index is 7.11. The summed E-state index contributed by atoms with van der Waals surface area (Å²) in [6.07, 6.45) is 17.6. The van der Waals surface area contributed by atoms with Gasteiger partial charge in [0.15, 0.2) is 0 Å². The Morgan fingerprint density at radius 2 is 1.60 bits per heavy atom. The summed E-state index contributed by atoms with van der Waals surface area (Å²) in [5.41, 5.74) is 8.01. The molecule has 2 N–H and O–H groups in total. The Hall–Kier alpha value is -0.0400. The first kappa shape index (κ1) is 13.6. The van der Waals surface area contributed by atoms with Gasteiger partial charge in [0.05, 0.1) is 0 Å². The van der Waals surface area contributed by atoms with Gasteiger partial charge in [0.2, 0.25) is 0 Å². The van der Waals surface area contributed by atoms with E-state index < -0.39 is 0 Å². The standard InChI is InChI=1S/C19H33N/c1-2-8-18-10-14-9-15(11-18)13-19(20,12-14)17(18)16-6-4-3-5-7-16/h14-17H,2-13,20H2,1H3/t14?,15?,17-,18?,19?/m0/s1. The number of nitrogens with two attached hydrogens (primary N) is 1. The van der Waals surface area contributed by atoms with Crippen molar-refractivity contribution in [2.75, 3.05) is 0 Å². The molecule has 5 rings (SSSR count). The fourth-order valence-corrected chi connectivity index (χ4v) is 7.75. The van der Waals surface area contributed by atoms with Crippen LogP contribution in [0.3, 0.4) is 0 Å². The molecule has 0 heterocycles. The summed E-state index contributed by atoms with van der Waals surface area (Å²) < 4.78 is 0. The zero-order valence-electron chi connectivity index (χ0n) is 13.4. The number of hydrogen-bond donors (Lipinski definition) is 1. The minimum atomic E-state index is 0.237. The van der Waals surface area contributed by atoms with Gasteiger partial charge >= 0.3 is 0 Å². The fourth-order valence-electron chi connectivity index (χ4n) is 7.75. The van der Waals surface area contributed by atoms with Gasteiger partial charge in [-0.05, 0) is 67.6 Å². The Kier molecular flexibility index (Phi) is 3.22. The van der Waals surface area contributed by atoms with E-state index in [-0.39, 0.29) is 5.54 Å². The molecule has 5 aliphatic rings. The molecule has 0 radical (unpaired) electrons. The maximum absolute atomic E-state index is 7.11. The van der Waals surface area contributed by atoms with E-state index in [2.05, 4.69) is 6.92 Å². The first-order chi connectivity index (χ1) is 9.65. The quantitative estimate of drug-likeness (QED) is 0.779. The first-order valence-corrected chi connectivity index (χ1v) is 9.44. The van der Waals surface area contributed by atoms with Crippen molar-refractivity contribution in [2.45, 2.75) is 89.5 Å². The molecule has 0 spiro atoms. The smallest absolute Gasteiger partial charge is 0.0196 e. The van der Waals surface area contributed by atoms with Crippen LogP contribution < -0.4 is 5.73 Å². The van der Waals surface area contributed by atoms with Gasteiger partial charge in [-0.3, -0.25) is 0 Å². The molecule has 0 saturated heterocycles. The van der Waals surface area contributed by atoms with E-state index in [9.17, 15) is 0 Å². The third-order valence-electron chi connectivity index (χ3n) is 7.54. The highest BCUT2D eigenvalue weighted by molar-refractivity contribution is 5.16. The van der Waals surface area contributed by atoms with Crippen LogP contribution in [-0.4, -0.2) is 5.54 Å². The van der Waals surface area contributed by atoms with Crippen LogP contribution in [0.25, 0.3) is 0 Å². The molecular formula is C19H33N. The summed E-state index contributed by atoms with van der Waals surface area (Å²) in [4.78, 5) is 0. The van der Waals surface area contributed by atoms with Gasteiger partial charge in [0.1, 0.15) is 0 Å². The average molecular weight is 275 g/mol. The molecule has 5 saturated carbocycles. The van der Waals surface area contributed by atoms with Crippen LogP contribution in [0.1, 0.15) is 84.0 Å². The second-order valence-electron chi connectivity index (χ2n) is 9.01. The van der Waals surface area contributed by atoms with Crippen LogP contribution in [0.15, 0.2) is 0 Å². The van der Waals surface area contributed by atoms with Crippen molar-refractivity contribution in [2.24, 2.45) is 34.8 Å². The van der Waals surface area contributed by atoms with Gasteiger partial charge in [-0.1, -0.05) is 45.4 Å². The molecule has 0 aromatic carbocycles. The van der Waals surface area contributed by atoms with Crippen LogP contribution in [0.4, 0.5) is 0 Å². The lowest BCUT2D eigenvalue weighted by molar-refractivity contribution is -0.152. The van der Waals surface area contributed by atoms with E-state index in [0.29, 0.717) is 5.41 Å². The molecule has 2 unspecified atom stereocenters. The maximum Gasteiger partial charge on any atom is 0.0196 e. The summed E-state index contributed by atoms with van der Waals surface area (Å²) in [6, 6.07) is 0. The van der Waals surface area contributed by atoms with Gasteiger partial charge in [-0.25, -0.2) is 0 Å². The van der Waals surface area contributed by atoms with Crippen LogP contribution in [0.5, 0.6) is 0 Å². The van der Waals surface area contributed by atoms with Gasteiger partial charge in [0, 0.05) is 5.54 Å². The van der Waals surface area contributed by atoms with Crippen molar-refractivity contribution in [3.05, 3.63) is 0 Å². The van der Waals surface area contributed by atoms with Crippen molar-refractivity contribution >= 4 is 0 Å². The summed E-state index contributed by atoms with van der Waals surface area (Å²) in [5.74, 6) is 3.82. The van der Waals surface area contributed by atoms with E-state index in [1.807, 2.05) is 0 Å². The molecule has 0 aliphatic heterocycles. The Morgan fingerprint density at radius 3 is 2.20 bits per heavy atom. The SMILES string of the molecule is CCCC12CC3CC(CC(N)(C3)[C@H]1C1CCCCC1)C2. The van der Waals surface area contributed by atoms with Crippen molar-refractivity contribution in [1.29, 1.82) is 0 Å². The minimum Gasteiger partial charge on any atom is -0.325 e. The fraction of sp³-hybridized carbons (Fsp3) is 1.00. The van der Waals surface area contributed by atoms with Crippen LogP contribution in [0, 0.1) is 29.1 Å². The Bertz CT molecular complexity index is 354. The topological polar surface area (TPSA) is 26.0 Å². The molecule has 114 valence electrons. The second kappa shape index (κ2) is 4.73. The van der Waals surface area contributed by atoms with Crippen molar-refractivity contribution in [3.8, 4) is 0 Å². The molecule has 0 amide bonds. The van der Waals surface area contributed by atoms with E-state index in [0.717, 1.165) is 23.7 Å². The zero-order chi connectivity index (χ0) is 13.8. The lowest BCUT2D eigenvalue weighted by atomic mass is 9.39. The van der Waals surface area contributed by atoms with Crippen LogP contribution in [0.2, 0.25) is 0 Å². The highest BCUT2D eigenvalue weighted by atomic mass is 14.9. The van der Waals surface area contributed by atoms with Crippen LogP contribution >= 0.6 is 0 Å². The average Bonchev–Trinajstić information content (AvgIpc) is 2.37. The molecule has 5 aliphatic carbocycles. The zero-order valence-corrected chi connectivity index (χ0v) is 13.4. The largest absolute Gasteiger partial charge is 0.325 e.